The fourth-order valence-corrected chi connectivity index (χ4v) is 8.88. The Balaban J connectivity index is 3.86. The zero-order valence-corrected chi connectivity index (χ0v) is 41.1. The predicted octanol–water partition coefficient (Wildman–Crippen LogP) is 16.4. The fourth-order valence-electron chi connectivity index (χ4n) is 8.12. The van der Waals surface area contributed by atoms with Crippen molar-refractivity contribution in [1.29, 1.82) is 0 Å². The largest absolute Gasteiger partial charge is 0.472 e. The summed E-state index contributed by atoms with van der Waals surface area (Å²) in [5.74, 6) is -0.320. The minimum atomic E-state index is -4.27. The Morgan fingerprint density at radius 1 is 0.433 bits per heavy atom. The van der Waals surface area contributed by atoms with Crippen LogP contribution in [0.3, 0.4) is 0 Å². The molecule has 0 rings (SSSR count). The molecule has 0 amide bonds. The predicted molar refractivity (Wildman–Crippen MR) is 257 cm³/mol. The number of nitrogens with two attached hydrogens (primary N) is 1. The second-order valence-electron chi connectivity index (χ2n) is 18.1. The number of ether oxygens (including phenoxy) is 2. The second-order valence-corrected chi connectivity index (χ2v) is 19.6. The lowest BCUT2D eigenvalue weighted by Gasteiger charge is -2.20. The Bertz CT molecular complexity index is 894. The van der Waals surface area contributed by atoms with Gasteiger partial charge in [0.2, 0.25) is 0 Å². The molecule has 60 heavy (non-hydrogen) atoms. The van der Waals surface area contributed by atoms with Gasteiger partial charge in [0.1, 0.15) is 6.10 Å². The summed E-state index contributed by atoms with van der Waals surface area (Å²) in [5, 5.41) is 0. The minimum Gasteiger partial charge on any atom is -0.457 e. The van der Waals surface area contributed by atoms with Crippen LogP contribution in [0.2, 0.25) is 0 Å². The maximum atomic E-state index is 12.7. The number of phosphoric ester groups is 1. The van der Waals surface area contributed by atoms with Crippen molar-refractivity contribution in [3.05, 3.63) is 0 Å². The van der Waals surface area contributed by atoms with Crippen LogP contribution in [0.25, 0.3) is 0 Å². The summed E-state index contributed by atoms with van der Waals surface area (Å²) in [4.78, 5) is 22.6. The van der Waals surface area contributed by atoms with Gasteiger partial charge in [-0.1, -0.05) is 264 Å². The molecule has 0 aliphatic carbocycles. The van der Waals surface area contributed by atoms with Crippen LogP contribution in [0.15, 0.2) is 0 Å². The summed E-state index contributed by atoms with van der Waals surface area (Å²) in [7, 11) is -4.27. The molecule has 360 valence electrons. The molecule has 0 heterocycles. The van der Waals surface area contributed by atoms with E-state index in [2.05, 4.69) is 13.8 Å². The molecule has 0 aliphatic rings. The van der Waals surface area contributed by atoms with Gasteiger partial charge in [-0.25, -0.2) is 4.57 Å². The maximum Gasteiger partial charge on any atom is 0.472 e. The van der Waals surface area contributed by atoms with E-state index in [0.29, 0.717) is 13.0 Å². The van der Waals surface area contributed by atoms with Gasteiger partial charge in [0.25, 0.3) is 0 Å². The quantitative estimate of drug-likeness (QED) is 0.0352. The van der Waals surface area contributed by atoms with Crippen molar-refractivity contribution in [3.8, 4) is 0 Å². The average molecular weight is 874 g/mol. The van der Waals surface area contributed by atoms with Crippen LogP contribution in [-0.4, -0.2) is 49.9 Å². The first-order valence-corrected chi connectivity index (χ1v) is 28.0. The molecule has 0 aliphatic heterocycles. The van der Waals surface area contributed by atoms with Crippen molar-refractivity contribution in [2.45, 2.75) is 290 Å². The van der Waals surface area contributed by atoms with Crippen molar-refractivity contribution in [1.82, 2.24) is 0 Å². The van der Waals surface area contributed by atoms with Crippen molar-refractivity contribution in [2.24, 2.45) is 5.73 Å². The highest BCUT2D eigenvalue weighted by Gasteiger charge is 2.25. The van der Waals surface area contributed by atoms with E-state index < -0.39 is 13.9 Å². The minimum absolute atomic E-state index is 0.0896. The number of esters is 1. The van der Waals surface area contributed by atoms with Crippen LogP contribution < -0.4 is 5.73 Å². The molecule has 0 aromatic heterocycles. The van der Waals surface area contributed by atoms with E-state index in [1.54, 1.807) is 0 Å². The highest BCUT2D eigenvalue weighted by molar-refractivity contribution is 7.47. The number of unbranched alkanes of at least 4 members (excludes halogenated alkanes) is 39. The van der Waals surface area contributed by atoms with Crippen LogP contribution in [0, 0.1) is 0 Å². The molecular formula is C51H104NO7P. The van der Waals surface area contributed by atoms with E-state index >= 15 is 0 Å². The number of phosphoric acid groups is 1. The molecule has 0 saturated heterocycles. The lowest BCUT2D eigenvalue weighted by molar-refractivity contribution is -0.154. The molecule has 0 saturated carbocycles. The third kappa shape index (κ3) is 48.5. The Labute approximate surface area is 373 Å². The van der Waals surface area contributed by atoms with Crippen LogP contribution >= 0.6 is 7.82 Å². The number of carbonyl (C=O) groups is 1. The zero-order valence-electron chi connectivity index (χ0n) is 40.2. The first-order valence-electron chi connectivity index (χ1n) is 26.5. The molecule has 0 fully saturated rings. The Hall–Kier alpha value is -0.500. The second kappa shape index (κ2) is 49.5. The number of carbonyl (C=O) groups excluding carboxylic acids is 1. The van der Waals surface area contributed by atoms with E-state index in [1.807, 2.05) is 0 Å². The smallest absolute Gasteiger partial charge is 0.457 e. The molecular weight excluding hydrogens is 770 g/mol. The van der Waals surface area contributed by atoms with Gasteiger partial charge in [0.15, 0.2) is 0 Å². The summed E-state index contributed by atoms with van der Waals surface area (Å²) in [6.45, 7) is 5.02. The van der Waals surface area contributed by atoms with Crippen LogP contribution in [0.4, 0.5) is 0 Å². The Kier molecular flexibility index (Phi) is 49.1. The molecule has 0 bridgehead atoms. The molecule has 0 spiro atoms. The van der Waals surface area contributed by atoms with E-state index in [0.717, 1.165) is 32.1 Å². The summed E-state index contributed by atoms with van der Waals surface area (Å²) in [6, 6.07) is 0. The SMILES string of the molecule is CCCCCCCCCCCCCCCCCCCCCCCCC(=O)OC(COCCCCCCCCCCCCCCCCCCCCC)COP(=O)(O)OCCN. The van der Waals surface area contributed by atoms with Gasteiger partial charge in [0, 0.05) is 19.6 Å². The third-order valence-electron chi connectivity index (χ3n) is 12.0. The number of hydrogen-bond acceptors (Lipinski definition) is 7. The maximum absolute atomic E-state index is 12.7. The van der Waals surface area contributed by atoms with E-state index in [4.69, 9.17) is 24.3 Å². The van der Waals surface area contributed by atoms with Crippen LogP contribution in [0.1, 0.15) is 284 Å². The molecule has 2 unspecified atom stereocenters. The summed E-state index contributed by atoms with van der Waals surface area (Å²) >= 11 is 0. The van der Waals surface area contributed by atoms with Gasteiger partial charge < -0.3 is 20.1 Å². The monoisotopic (exact) mass is 874 g/mol. The molecule has 8 nitrogen and oxygen atoms in total. The zero-order chi connectivity index (χ0) is 43.7. The van der Waals surface area contributed by atoms with Gasteiger partial charge in [-0.2, -0.15) is 0 Å². The van der Waals surface area contributed by atoms with Gasteiger partial charge in [-0.15, -0.1) is 0 Å². The van der Waals surface area contributed by atoms with E-state index in [1.165, 1.54) is 231 Å². The Morgan fingerprint density at radius 3 is 1.05 bits per heavy atom. The van der Waals surface area contributed by atoms with Crippen molar-refractivity contribution >= 4 is 13.8 Å². The molecule has 0 radical (unpaired) electrons. The summed E-state index contributed by atoms with van der Waals surface area (Å²) in [6.07, 6.45) is 54.3. The first-order chi connectivity index (χ1) is 29.4. The third-order valence-corrected chi connectivity index (χ3v) is 13.0. The molecule has 0 aromatic rings. The normalized spacial score (nSPS) is 13.2. The fraction of sp³-hybridized carbons (Fsp3) is 0.980. The molecule has 0 aromatic carbocycles. The lowest BCUT2D eigenvalue weighted by Crippen LogP contribution is -2.28. The van der Waals surface area contributed by atoms with Gasteiger partial charge in [-0.05, 0) is 12.8 Å². The van der Waals surface area contributed by atoms with Crippen molar-refractivity contribution in [2.75, 3.05) is 33.0 Å². The average Bonchev–Trinajstić information content (AvgIpc) is 3.24. The Morgan fingerprint density at radius 2 is 0.733 bits per heavy atom. The highest BCUT2D eigenvalue weighted by atomic mass is 31.2. The summed E-state index contributed by atoms with van der Waals surface area (Å²) < 4.78 is 33.6. The highest BCUT2D eigenvalue weighted by Crippen LogP contribution is 2.43. The number of hydrogen-bond donors (Lipinski definition) is 2. The topological polar surface area (TPSA) is 117 Å². The van der Waals surface area contributed by atoms with Crippen molar-refractivity contribution < 1.29 is 32.8 Å². The molecule has 3 N–H and O–H groups in total. The van der Waals surface area contributed by atoms with Gasteiger partial charge >= 0.3 is 13.8 Å². The molecule has 2 atom stereocenters. The van der Waals surface area contributed by atoms with Crippen LogP contribution in [0.5, 0.6) is 0 Å². The van der Waals surface area contributed by atoms with E-state index in [9.17, 15) is 14.3 Å². The van der Waals surface area contributed by atoms with Gasteiger partial charge in [-0.3, -0.25) is 13.8 Å². The standard InChI is InChI=1S/C51H104NO7P/c1-3-5-7-9-11-13-15-17-19-21-23-24-25-26-28-30-32-34-36-38-40-42-44-51(53)59-50(49-58-60(54,55)57-47-45-52)48-56-46-43-41-39-37-35-33-31-29-27-22-20-18-16-14-12-10-8-6-4-2/h50H,3-49,52H2,1-2H3,(H,54,55). The van der Waals surface area contributed by atoms with Crippen molar-refractivity contribution in [3.63, 3.8) is 0 Å². The number of rotatable bonds is 52. The summed E-state index contributed by atoms with van der Waals surface area (Å²) in [5.41, 5.74) is 5.39. The first kappa shape index (κ1) is 59.5. The van der Waals surface area contributed by atoms with E-state index in [-0.39, 0.29) is 32.3 Å². The van der Waals surface area contributed by atoms with Gasteiger partial charge in [0.05, 0.1) is 19.8 Å². The van der Waals surface area contributed by atoms with Crippen LogP contribution in [-0.2, 0) is 27.9 Å². The molecule has 9 heteroatoms. The lowest BCUT2D eigenvalue weighted by atomic mass is 10.0.